The molecule has 18 heavy (non-hydrogen) atoms. The van der Waals surface area contributed by atoms with E-state index >= 15 is 0 Å². The number of carboxylic acid groups (broad SMARTS) is 1. The molecule has 6 nitrogen and oxygen atoms in total. The maximum absolute atomic E-state index is 11.7. The second kappa shape index (κ2) is 6.58. The van der Waals surface area contributed by atoms with Gasteiger partial charge in [0.1, 0.15) is 18.1 Å². The zero-order valence-corrected chi connectivity index (χ0v) is 9.92. The van der Waals surface area contributed by atoms with E-state index in [-0.39, 0.29) is 13.0 Å². The Balaban J connectivity index is 2.64. The van der Waals surface area contributed by atoms with E-state index in [0.717, 1.165) is 0 Å². The van der Waals surface area contributed by atoms with Gasteiger partial charge in [-0.3, -0.25) is 14.4 Å². The summed E-state index contributed by atoms with van der Waals surface area (Å²) in [7, 11) is 0. The van der Waals surface area contributed by atoms with Crippen LogP contribution in [0.1, 0.15) is 19.1 Å². The number of Topliss-reactive ketones (excluding diaryl/α,β-unsaturated/α-hetero) is 1. The number of rotatable bonds is 7. The Hall–Kier alpha value is -2.11. The third-order valence-corrected chi connectivity index (χ3v) is 2.30. The molecule has 0 saturated carbocycles. The Morgan fingerprint density at radius 2 is 2.17 bits per heavy atom. The summed E-state index contributed by atoms with van der Waals surface area (Å²) in [4.78, 5) is 33.8. The van der Waals surface area contributed by atoms with Crippen molar-refractivity contribution in [3.63, 3.8) is 0 Å². The smallest absolute Gasteiger partial charge is 0.314 e. The molecule has 1 rings (SSSR count). The number of esters is 1. The molecule has 0 aliphatic heterocycles. The number of hydrogen-bond donors (Lipinski definition) is 1. The molecule has 0 amide bonds. The van der Waals surface area contributed by atoms with Crippen LogP contribution in [0.4, 0.5) is 0 Å². The predicted molar refractivity (Wildman–Crippen MR) is 59.8 cm³/mol. The zero-order valence-electron chi connectivity index (χ0n) is 9.92. The highest BCUT2D eigenvalue weighted by atomic mass is 16.5. The van der Waals surface area contributed by atoms with Crippen molar-refractivity contribution in [2.75, 3.05) is 6.61 Å². The minimum absolute atomic E-state index is 0.0689. The van der Waals surface area contributed by atoms with E-state index in [1.54, 1.807) is 19.1 Å². The minimum atomic E-state index is -1.29. The summed E-state index contributed by atoms with van der Waals surface area (Å²) >= 11 is 0. The molecule has 0 spiro atoms. The van der Waals surface area contributed by atoms with Gasteiger partial charge in [-0.25, -0.2) is 0 Å². The Bertz CT molecular complexity index is 420. The Kier molecular flexibility index (Phi) is 5.10. The second-order valence-electron chi connectivity index (χ2n) is 3.62. The van der Waals surface area contributed by atoms with E-state index < -0.39 is 30.1 Å². The largest absolute Gasteiger partial charge is 0.481 e. The molecular weight excluding hydrogens is 240 g/mol. The van der Waals surface area contributed by atoms with Gasteiger partial charge in [-0.15, -0.1) is 0 Å². The molecule has 1 aromatic heterocycles. The van der Waals surface area contributed by atoms with E-state index in [1.165, 1.54) is 6.26 Å². The number of ether oxygens (including phenoxy) is 1. The van der Waals surface area contributed by atoms with Crippen LogP contribution >= 0.6 is 0 Å². The lowest BCUT2D eigenvalue weighted by atomic mass is 9.97. The molecule has 1 aromatic rings. The first-order valence-corrected chi connectivity index (χ1v) is 5.48. The number of carboxylic acids is 1. The number of hydrogen-bond acceptors (Lipinski definition) is 5. The molecule has 0 aromatic carbocycles. The van der Waals surface area contributed by atoms with Crippen LogP contribution in [0.3, 0.4) is 0 Å². The van der Waals surface area contributed by atoms with Crippen LogP contribution in [0.5, 0.6) is 0 Å². The fraction of sp³-hybridized carbons (Fsp3) is 0.417. The van der Waals surface area contributed by atoms with Crippen LogP contribution < -0.4 is 0 Å². The van der Waals surface area contributed by atoms with Crippen LogP contribution in [-0.4, -0.2) is 29.4 Å². The van der Waals surface area contributed by atoms with Crippen molar-refractivity contribution >= 4 is 17.7 Å². The molecule has 1 unspecified atom stereocenters. The summed E-state index contributed by atoms with van der Waals surface area (Å²) in [5.74, 6) is -3.58. The quantitative estimate of drug-likeness (QED) is 0.577. The summed E-state index contributed by atoms with van der Waals surface area (Å²) in [5.41, 5.74) is 0. The molecule has 6 heteroatoms. The fourth-order valence-corrected chi connectivity index (χ4v) is 1.45. The molecule has 1 heterocycles. The summed E-state index contributed by atoms with van der Waals surface area (Å²) in [6.07, 6.45) is 0.788. The van der Waals surface area contributed by atoms with Crippen LogP contribution in [0.15, 0.2) is 22.8 Å². The average molecular weight is 254 g/mol. The monoisotopic (exact) mass is 254 g/mol. The summed E-state index contributed by atoms with van der Waals surface area (Å²) in [6.45, 7) is 1.77. The third kappa shape index (κ3) is 4.04. The van der Waals surface area contributed by atoms with Gasteiger partial charge in [0.25, 0.3) is 0 Å². The number of ketones is 1. The Morgan fingerprint density at radius 1 is 1.44 bits per heavy atom. The highest BCUT2D eigenvalue weighted by Gasteiger charge is 2.29. The van der Waals surface area contributed by atoms with Crippen molar-refractivity contribution in [1.29, 1.82) is 0 Å². The molecular formula is C12H14O6. The van der Waals surface area contributed by atoms with Crippen molar-refractivity contribution in [1.82, 2.24) is 0 Å². The van der Waals surface area contributed by atoms with Crippen LogP contribution in [0.25, 0.3) is 0 Å². The van der Waals surface area contributed by atoms with Crippen molar-refractivity contribution in [3.05, 3.63) is 24.2 Å². The van der Waals surface area contributed by atoms with Gasteiger partial charge in [-0.2, -0.15) is 0 Å². The lowest BCUT2D eigenvalue weighted by Crippen LogP contribution is -2.28. The van der Waals surface area contributed by atoms with Crippen molar-refractivity contribution in [2.45, 2.75) is 19.8 Å². The molecule has 0 radical (unpaired) electrons. The lowest BCUT2D eigenvalue weighted by Gasteiger charge is -2.09. The van der Waals surface area contributed by atoms with Gasteiger partial charge in [0, 0.05) is 6.42 Å². The highest BCUT2D eigenvalue weighted by Crippen LogP contribution is 2.13. The third-order valence-electron chi connectivity index (χ3n) is 2.30. The van der Waals surface area contributed by atoms with Gasteiger partial charge in [0.2, 0.25) is 0 Å². The number of carbonyl (C=O) groups excluding carboxylic acids is 2. The van der Waals surface area contributed by atoms with E-state index in [2.05, 4.69) is 4.74 Å². The topological polar surface area (TPSA) is 93.8 Å². The second-order valence-corrected chi connectivity index (χ2v) is 3.62. The van der Waals surface area contributed by atoms with Gasteiger partial charge < -0.3 is 14.3 Å². The molecule has 0 bridgehead atoms. The van der Waals surface area contributed by atoms with E-state index in [9.17, 15) is 14.4 Å². The summed E-state index contributed by atoms with van der Waals surface area (Å²) < 4.78 is 9.59. The van der Waals surface area contributed by atoms with Crippen molar-refractivity contribution < 1.29 is 28.6 Å². The molecule has 1 atom stereocenters. The SMILES string of the molecule is CCOC(=O)CC(=O)C(Cc1ccco1)C(=O)O. The lowest BCUT2D eigenvalue weighted by molar-refractivity contribution is -0.150. The van der Waals surface area contributed by atoms with E-state index in [4.69, 9.17) is 9.52 Å². The predicted octanol–water partition coefficient (Wildman–Crippen LogP) is 1.05. The normalized spacial score (nSPS) is 11.8. The Labute approximate surface area is 104 Å². The zero-order chi connectivity index (χ0) is 13.5. The molecule has 0 aliphatic rings. The van der Waals surface area contributed by atoms with Crippen molar-refractivity contribution in [2.24, 2.45) is 5.92 Å². The van der Waals surface area contributed by atoms with Crippen LogP contribution in [-0.2, 0) is 25.5 Å². The van der Waals surface area contributed by atoms with Gasteiger partial charge in [-0.1, -0.05) is 0 Å². The highest BCUT2D eigenvalue weighted by molar-refractivity contribution is 6.05. The number of carbonyl (C=O) groups is 3. The molecule has 0 saturated heterocycles. The van der Waals surface area contributed by atoms with E-state index in [0.29, 0.717) is 5.76 Å². The van der Waals surface area contributed by atoms with Crippen molar-refractivity contribution in [3.8, 4) is 0 Å². The van der Waals surface area contributed by atoms with Crippen LogP contribution in [0, 0.1) is 5.92 Å². The molecule has 0 aliphatic carbocycles. The number of aliphatic carboxylic acids is 1. The first kappa shape index (κ1) is 14.0. The maximum atomic E-state index is 11.7. The molecule has 98 valence electrons. The van der Waals surface area contributed by atoms with Gasteiger partial charge in [-0.05, 0) is 19.1 Å². The summed E-state index contributed by atoms with van der Waals surface area (Å²) in [6, 6.07) is 3.18. The van der Waals surface area contributed by atoms with Gasteiger partial charge in [0.05, 0.1) is 12.9 Å². The first-order chi connectivity index (χ1) is 8.54. The Morgan fingerprint density at radius 3 is 2.67 bits per heavy atom. The molecule has 1 N–H and O–H groups in total. The van der Waals surface area contributed by atoms with Crippen LogP contribution in [0.2, 0.25) is 0 Å². The minimum Gasteiger partial charge on any atom is -0.481 e. The van der Waals surface area contributed by atoms with Gasteiger partial charge >= 0.3 is 11.9 Å². The van der Waals surface area contributed by atoms with Gasteiger partial charge in [0.15, 0.2) is 5.78 Å². The molecule has 0 fully saturated rings. The fourth-order valence-electron chi connectivity index (χ4n) is 1.45. The summed E-state index contributed by atoms with van der Waals surface area (Å²) in [5, 5.41) is 8.97. The number of furan rings is 1. The first-order valence-electron chi connectivity index (χ1n) is 5.48. The van der Waals surface area contributed by atoms with E-state index in [1.807, 2.05) is 0 Å². The standard InChI is InChI=1S/C12H14O6/c1-2-17-11(14)7-10(13)9(12(15)16)6-8-4-3-5-18-8/h3-5,9H,2,6-7H2,1H3,(H,15,16). The average Bonchev–Trinajstić information content (AvgIpc) is 2.78. The maximum Gasteiger partial charge on any atom is 0.314 e.